The number of amides is 1. The summed E-state index contributed by atoms with van der Waals surface area (Å²) in [6.07, 6.45) is 2.36. The number of para-hydroxylation sites is 1. The number of carbonyl (C=O) groups excluding carboxylic acids is 1. The van der Waals surface area contributed by atoms with Gasteiger partial charge in [0.15, 0.2) is 6.61 Å². The average Bonchev–Trinajstić information content (AvgIpc) is 2.74. The van der Waals surface area contributed by atoms with Gasteiger partial charge < -0.3 is 19.5 Å². The van der Waals surface area contributed by atoms with Crippen molar-refractivity contribution in [2.45, 2.75) is 6.42 Å². The summed E-state index contributed by atoms with van der Waals surface area (Å²) >= 11 is 0. The molecule has 0 aliphatic carbocycles. The van der Waals surface area contributed by atoms with Crippen LogP contribution in [0.4, 0.5) is 0 Å². The molecule has 6 nitrogen and oxygen atoms in total. The molecule has 1 amide bonds. The third kappa shape index (κ3) is 5.74. The van der Waals surface area contributed by atoms with Crippen molar-refractivity contribution in [3.8, 4) is 23.1 Å². The smallest absolute Gasteiger partial charge is 0.257 e. The average molecular weight is 378 g/mol. The first-order valence-electron chi connectivity index (χ1n) is 8.95. The highest BCUT2D eigenvalue weighted by molar-refractivity contribution is 5.77. The second kappa shape index (κ2) is 9.97. The molecule has 0 bridgehead atoms. The van der Waals surface area contributed by atoms with Crippen LogP contribution in [-0.2, 0) is 11.2 Å². The van der Waals surface area contributed by atoms with Crippen LogP contribution in [0, 0.1) is 0 Å². The summed E-state index contributed by atoms with van der Waals surface area (Å²) < 4.78 is 16.4. The molecule has 0 unspecified atom stereocenters. The van der Waals surface area contributed by atoms with Gasteiger partial charge in [-0.1, -0.05) is 24.3 Å². The summed E-state index contributed by atoms with van der Waals surface area (Å²) in [4.78, 5) is 16.1. The van der Waals surface area contributed by atoms with E-state index in [0.29, 0.717) is 30.3 Å². The van der Waals surface area contributed by atoms with Crippen molar-refractivity contribution in [3.05, 3.63) is 78.5 Å². The first-order valence-corrected chi connectivity index (χ1v) is 8.95. The number of aromatic nitrogens is 1. The van der Waals surface area contributed by atoms with E-state index in [4.69, 9.17) is 14.2 Å². The molecule has 0 aliphatic heterocycles. The molecule has 0 atom stereocenters. The molecule has 2 aromatic carbocycles. The predicted molar refractivity (Wildman–Crippen MR) is 106 cm³/mol. The van der Waals surface area contributed by atoms with Crippen LogP contribution in [0.2, 0.25) is 0 Å². The highest BCUT2D eigenvalue weighted by Crippen LogP contribution is 2.22. The number of rotatable bonds is 9. The summed E-state index contributed by atoms with van der Waals surface area (Å²) in [5.74, 6) is 2.40. The molecular weight excluding hydrogens is 356 g/mol. The van der Waals surface area contributed by atoms with Gasteiger partial charge in [-0.15, -0.1) is 0 Å². The highest BCUT2D eigenvalue weighted by Gasteiger charge is 2.05. The van der Waals surface area contributed by atoms with Gasteiger partial charge in [0.25, 0.3) is 5.91 Å². The number of methoxy groups -OCH3 is 1. The standard InChI is InChI=1S/C22H22N2O4/c1-26-20-7-3-2-6-17(20)13-15-23-21(25)16-27-18-9-11-19(12-10-18)28-22-8-4-5-14-24-22/h2-12,14H,13,15-16H2,1H3,(H,23,25). The molecule has 0 saturated heterocycles. The summed E-state index contributed by atoms with van der Waals surface area (Å²) in [7, 11) is 1.64. The van der Waals surface area contributed by atoms with Gasteiger partial charge in [-0.05, 0) is 48.4 Å². The quantitative estimate of drug-likeness (QED) is 0.616. The Bertz CT molecular complexity index is 883. The lowest BCUT2D eigenvalue weighted by Gasteiger charge is -2.10. The normalized spacial score (nSPS) is 10.2. The molecule has 0 radical (unpaired) electrons. The van der Waals surface area contributed by atoms with Crippen molar-refractivity contribution < 1.29 is 19.0 Å². The molecule has 0 spiro atoms. The van der Waals surface area contributed by atoms with Gasteiger partial charge in [0.2, 0.25) is 5.88 Å². The Hall–Kier alpha value is -3.54. The number of hydrogen-bond donors (Lipinski definition) is 1. The molecule has 6 heteroatoms. The van der Waals surface area contributed by atoms with Crippen LogP contribution in [0.3, 0.4) is 0 Å². The Balaban J connectivity index is 1.40. The van der Waals surface area contributed by atoms with Crippen LogP contribution < -0.4 is 19.5 Å². The number of nitrogens with one attached hydrogen (secondary N) is 1. The van der Waals surface area contributed by atoms with E-state index in [1.165, 1.54) is 0 Å². The zero-order valence-corrected chi connectivity index (χ0v) is 15.6. The van der Waals surface area contributed by atoms with Crippen molar-refractivity contribution in [2.75, 3.05) is 20.3 Å². The molecule has 1 aromatic heterocycles. The van der Waals surface area contributed by atoms with E-state index in [9.17, 15) is 4.79 Å². The van der Waals surface area contributed by atoms with E-state index in [1.807, 2.05) is 36.4 Å². The van der Waals surface area contributed by atoms with E-state index in [2.05, 4.69) is 10.3 Å². The van der Waals surface area contributed by atoms with Crippen molar-refractivity contribution in [2.24, 2.45) is 0 Å². The van der Waals surface area contributed by atoms with Gasteiger partial charge in [0.05, 0.1) is 7.11 Å². The minimum Gasteiger partial charge on any atom is -0.496 e. The van der Waals surface area contributed by atoms with E-state index in [0.717, 1.165) is 11.3 Å². The maximum atomic E-state index is 12.0. The van der Waals surface area contributed by atoms with Crippen LogP contribution in [0.25, 0.3) is 0 Å². The number of ether oxygens (including phenoxy) is 3. The molecule has 0 fully saturated rings. The monoisotopic (exact) mass is 378 g/mol. The zero-order valence-electron chi connectivity index (χ0n) is 15.6. The van der Waals surface area contributed by atoms with Crippen molar-refractivity contribution in [1.29, 1.82) is 0 Å². The molecule has 3 rings (SSSR count). The molecule has 0 aliphatic rings. The number of hydrogen-bond acceptors (Lipinski definition) is 5. The van der Waals surface area contributed by atoms with Gasteiger partial charge in [0, 0.05) is 18.8 Å². The van der Waals surface area contributed by atoms with Crippen molar-refractivity contribution in [1.82, 2.24) is 10.3 Å². The van der Waals surface area contributed by atoms with Crippen molar-refractivity contribution in [3.63, 3.8) is 0 Å². The molecule has 144 valence electrons. The molecule has 1 heterocycles. The molecule has 3 aromatic rings. The first kappa shape index (κ1) is 19.2. The summed E-state index contributed by atoms with van der Waals surface area (Å²) in [5.41, 5.74) is 1.05. The lowest BCUT2D eigenvalue weighted by atomic mass is 10.1. The molecule has 1 N–H and O–H groups in total. The molecular formula is C22H22N2O4. The zero-order chi connectivity index (χ0) is 19.6. The Morgan fingerprint density at radius 3 is 2.46 bits per heavy atom. The van der Waals surface area contributed by atoms with Crippen LogP contribution in [0.1, 0.15) is 5.56 Å². The van der Waals surface area contributed by atoms with Crippen LogP contribution >= 0.6 is 0 Å². The van der Waals surface area contributed by atoms with Gasteiger partial charge in [-0.25, -0.2) is 4.98 Å². The van der Waals surface area contributed by atoms with Crippen LogP contribution in [0.15, 0.2) is 72.9 Å². The van der Waals surface area contributed by atoms with E-state index in [-0.39, 0.29) is 12.5 Å². The number of carbonyl (C=O) groups is 1. The van der Waals surface area contributed by atoms with Crippen molar-refractivity contribution >= 4 is 5.91 Å². The third-order valence-electron chi connectivity index (χ3n) is 3.96. The maximum absolute atomic E-state index is 12.0. The topological polar surface area (TPSA) is 69.7 Å². The lowest BCUT2D eigenvalue weighted by Crippen LogP contribution is -2.30. The fourth-order valence-corrected chi connectivity index (χ4v) is 2.58. The highest BCUT2D eigenvalue weighted by atomic mass is 16.5. The SMILES string of the molecule is COc1ccccc1CCNC(=O)COc1ccc(Oc2ccccn2)cc1. The number of benzene rings is 2. The summed E-state index contributed by atoms with van der Waals surface area (Å²) in [5, 5.41) is 2.84. The first-order chi connectivity index (χ1) is 13.7. The number of pyridine rings is 1. The Labute approximate surface area is 164 Å². The molecule has 0 saturated carbocycles. The number of nitrogens with zero attached hydrogens (tertiary/aromatic N) is 1. The van der Waals surface area contributed by atoms with E-state index < -0.39 is 0 Å². The fraction of sp³-hybridized carbons (Fsp3) is 0.182. The van der Waals surface area contributed by atoms with Gasteiger partial charge in [0.1, 0.15) is 17.2 Å². The maximum Gasteiger partial charge on any atom is 0.257 e. The van der Waals surface area contributed by atoms with E-state index in [1.54, 1.807) is 43.6 Å². The van der Waals surface area contributed by atoms with Gasteiger partial charge >= 0.3 is 0 Å². The Kier molecular flexibility index (Phi) is 6.84. The summed E-state index contributed by atoms with van der Waals surface area (Å²) in [6, 6.07) is 20.2. The fourth-order valence-electron chi connectivity index (χ4n) is 2.58. The minimum atomic E-state index is -0.177. The Morgan fingerprint density at radius 2 is 1.71 bits per heavy atom. The summed E-state index contributed by atoms with van der Waals surface area (Å²) in [6.45, 7) is 0.464. The Morgan fingerprint density at radius 1 is 0.964 bits per heavy atom. The second-order valence-electron chi connectivity index (χ2n) is 5.94. The molecule has 28 heavy (non-hydrogen) atoms. The lowest BCUT2D eigenvalue weighted by molar-refractivity contribution is -0.123. The second-order valence-corrected chi connectivity index (χ2v) is 5.94. The van der Waals surface area contributed by atoms with Crippen LogP contribution in [-0.4, -0.2) is 31.2 Å². The predicted octanol–water partition coefficient (Wildman–Crippen LogP) is 3.62. The van der Waals surface area contributed by atoms with Gasteiger partial charge in [-0.2, -0.15) is 0 Å². The minimum absolute atomic E-state index is 0.0492. The van der Waals surface area contributed by atoms with Gasteiger partial charge in [-0.3, -0.25) is 4.79 Å². The van der Waals surface area contributed by atoms with Crippen LogP contribution in [0.5, 0.6) is 23.1 Å². The third-order valence-corrected chi connectivity index (χ3v) is 3.96. The largest absolute Gasteiger partial charge is 0.496 e. The van der Waals surface area contributed by atoms with E-state index >= 15 is 0 Å².